The number of amides is 2. The van der Waals surface area contributed by atoms with Crippen LogP contribution in [0.3, 0.4) is 0 Å². The predicted molar refractivity (Wildman–Crippen MR) is 122 cm³/mol. The highest BCUT2D eigenvalue weighted by molar-refractivity contribution is 7.91. The molecule has 3 heterocycles. The van der Waals surface area contributed by atoms with E-state index in [0.29, 0.717) is 24.1 Å². The largest absolute Gasteiger partial charge is 0.339 e. The Kier molecular flexibility index (Phi) is 5.24. The summed E-state index contributed by atoms with van der Waals surface area (Å²) < 4.78 is 53.2. The molecule has 0 radical (unpaired) electrons. The highest BCUT2D eigenvalue weighted by atomic mass is 32.2. The van der Waals surface area contributed by atoms with Crippen LogP contribution < -0.4 is 10.6 Å². The van der Waals surface area contributed by atoms with Gasteiger partial charge in [0, 0.05) is 24.1 Å². The van der Waals surface area contributed by atoms with Gasteiger partial charge in [0.2, 0.25) is 5.91 Å². The van der Waals surface area contributed by atoms with Gasteiger partial charge in [-0.15, -0.1) is 0 Å². The maximum Gasteiger partial charge on any atom is 0.272 e. The summed E-state index contributed by atoms with van der Waals surface area (Å²) in [5, 5.41) is 9.88. The number of carbonyl (C=O) groups is 2. The van der Waals surface area contributed by atoms with Crippen LogP contribution in [0.5, 0.6) is 0 Å². The summed E-state index contributed by atoms with van der Waals surface area (Å²) in [6.07, 6.45) is 3.22. The molecule has 5 rings (SSSR count). The van der Waals surface area contributed by atoms with Crippen molar-refractivity contribution in [3.05, 3.63) is 64.5 Å². The first kappa shape index (κ1) is 23.1. The van der Waals surface area contributed by atoms with E-state index < -0.39 is 44.6 Å². The number of hydrogen-bond acceptors (Lipinski definition) is 6. The second-order valence-electron chi connectivity index (χ2n) is 9.03. The lowest BCUT2D eigenvalue weighted by atomic mass is 9.89. The highest BCUT2D eigenvalue weighted by Gasteiger charge is 2.48. The van der Waals surface area contributed by atoms with Gasteiger partial charge in [0.1, 0.15) is 28.8 Å². The summed E-state index contributed by atoms with van der Waals surface area (Å²) in [6.45, 7) is 1.88. The third kappa shape index (κ3) is 4.07. The average Bonchev–Trinajstić information content (AvgIpc) is 3.26. The van der Waals surface area contributed by atoms with E-state index in [1.807, 2.05) is 6.92 Å². The van der Waals surface area contributed by atoms with E-state index in [-0.39, 0.29) is 29.2 Å². The highest BCUT2D eigenvalue weighted by Crippen LogP contribution is 2.44. The van der Waals surface area contributed by atoms with Gasteiger partial charge in [0.25, 0.3) is 5.91 Å². The van der Waals surface area contributed by atoms with Crippen molar-refractivity contribution in [3.63, 3.8) is 0 Å². The number of aromatic nitrogens is 3. The minimum absolute atomic E-state index is 0.00850. The Morgan fingerprint density at radius 1 is 1.29 bits per heavy atom. The van der Waals surface area contributed by atoms with Crippen molar-refractivity contribution in [2.75, 3.05) is 17.3 Å². The zero-order valence-electron chi connectivity index (χ0n) is 18.9. The first-order valence-corrected chi connectivity index (χ1v) is 12.8. The number of halogens is 2. The Morgan fingerprint density at radius 2 is 2.06 bits per heavy atom. The van der Waals surface area contributed by atoms with E-state index in [1.54, 1.807) is 18.3 Å². The number of nitrogens with zero attached hydrogens (tertiary/aromatic N) is 3. The summed E-state index contributed by atoms with van der Waals surface area (Å²) in [5.74, 6) is -3.70. The lowest BCUT2D eigenvalue weighted by Crippen LogP contribution is -2.53. The van der Waals surface area contributed by atoms with Crippen LogP contribution in [0, 0.1) is 18.6 Å². The van der Waals surface area contributed by atoms with Crippen molar-refractivity contribution >= 4 is 27.3 Å². The topological polar surface area (TPSA) is 123 Å². The zero-order chi connectivity index (χ0) is 25.1. The van der Waals surface area contributed by atoms with E-state index >= 15 is 0 Å². The summed E-state index contributed by atoms with van der Waals surface area (Å²) in [4.78, 5) is 30.2. The summed E-state index contributed by atoms with van der Waals surface area (Å²) >= 11 is 0. The molecule has 1 aliphatic carbocycles. The lowest BCUT2D eigenvalue weighted by molar-refractivity contribution is -0.113. The molecule has 1 atom stereocenters. The average molecular weight is 502 g/mol. The van der Waals surface area contributed by atoms with Gasteiger partial charge in [-0.3, -0.25) is 19.3 Å². The number of fused-ring (bicyclic) bond motifs is 3. The van der Waals surface area contributed by atoms with Crippen LogP contribution in [-0.4, -0.2) is 47.0 Å². The molecule has 2 amide bonds. The fourth-order valence-corrected chi connectivity index (χ4v) is 5.36. The standard InChI is InChI=1S/C23H21F2N5O4S/c1-12-3-4-16(26-9-12)19-20(27-17(31)10-35(2,33)34)21-22(32)28-23(11-30(21)29-19)6-5-13-7-14(24)8-15(25)18(13)23/h3-4,7-9H,5-6,10-11H2,1-2H3,(H,27,31)(H,28,32)/t23-/m0/s1. The van der Waals surface area contributed by atoms with Crippen molar-refractivity contribution in [1.29, 1.82) is 0 Å². The van der Waals surface area contributed by atoms with Gasteiger partial charge >= 0.3 is 0 Å². The van der Waals surface area contributed by atoms with E-state index in [9.17, 15) is 26.8 Å². The van der Waals surface area contributed by atoms with E-state index in [1.165, 1.54) is 10.7 Å². The maximum absolute atomic E-state index is 14.9. The van der Waals surface area contributed by atoms with Crippen LogP contribution in [0.2, 0.25) is 0 Å². The van der Waals surface area contributed by atoms with Crippen LogP contribution in [-0.2, 0) is 33.1 Å². The Hall–Kier alpha value is -3.67. The second kappa shape index (κ2) is 7.94. The SMILES string of the molecule is Cc1ccc(-c2nn3c(c2NC(=O)CS(C)(=O)=O)C(=O)N[C@@]2(CCc4cc(F)cc(F)c42)C3)nc1. The molecule has 12 heteroatoms. The molecule has 0 unspecified atom stereocenters. The van der Waals surface area contributed by atoms with Crippen LogP contribution in [0.1, 0.15) is 33.6 Å². The van der Waals surface area contributed by atoms with Crippen LogP contribution in [0.25, 0.3) is 11.4 Å². The van der Waals surface area contributed by atoms with Crippen molar-refractivity contribution in [2.24, 2.45) is 0 Å². The number of carbonyl (C=O) groups excluding carboxylic acids is 2. The Balaban J connectivity index is 1.63. The number of pyridine rings is 1. The number of rotatable bonds is 4. The molecule has 1 aliphatic heterocycles. The third-order valence-corrected chi connectivity index (χ3v) is 6.97. The van der Waals surface area contributed by atoms with E-state index in [4.69, 9.17) is 0 Å². The molecule has 0 saturated heterocycles. The van der Waals surface area contributed by atoms with Gasteiger partial charge < -0.3 is 10.6 Å². The molecule has 0 fully saturated rings. The van der Waals surface area contributed by atoms with Crippen LogP contribution >= 0.6 is 0 Å². The zero-order valence-corrected chi connectivity index (χ0v) is 19.7. The molecule has 2 aliphatic rings. The smallest absolute Gasteiger partial charge is 0.272 e. The van der Waals surface area contributed by atoms with Gasteiger partial charge in [0.05, 0.1) is 17.8 Å². The quantitative estimate of drug-likeness (QED) is 0.565. The molecular weight excluding hydrogens is 480 g/mol. The number of anilines is 1. The third-order valence-electron chi connectivity index (χ3n) is 6.19. The molecular formula is C23H21F2N5O4S. The normalized spacial score (nSPS) is 18.8. The van der Waals surface area contributed by atoms with E-state index in [2.05, 4.69) is 20.7 Å². The number of sulfone groups is 1. The second-order valence-corrected chi connectivity index (χ2v) is 11.2. The molecule has 182 valence electrons. The van der Waals surface area contributed by atoms with Crippen LogP contribution in [0.4, 0.5) is 14.5 Å². The first-order chi connectivity index (χ1) is 16.5. The molecule has 1 aromatic carbocycles. The molecule has 2 N–H and O–H groups in total. The van der Waals surface area contributed by atoms with Crippen molar-refractivity contribution in [1.82, 2.24) is 20.1 Å². The van der Waals surface area contributed by atoms with Crippen molar-refractivity contribution in [3.8, 4) is 11.4 Å². The summed E-state index contributed by atoms with van der Waals surface area (Å²) in [6, 6.07) is 5.49. The fraction of sp³-hybridized carbons (Fsp3) is 0.304. The van der Waals surface area contributed by atoms with Gasteiger partial charge in [-0.05, 0) is 43.0 Å². The van der Waals surface area contributed by atoms with Gasteiger partial charge in [-0.2, -0.15) is 5.10 Å². The Morgan fingerprint density at radius 3 is 2.74 bits per heavy atom. The maximum atomic E-state index is 14.9. The Labute approximate surface area is 199 Å². The number of nitrogens with one attached hydrogen (secondary N) is 2. The fourth-order valence-electron chi connectivity index (χ4n) is 4.81. The predicted octanol–water partition coefficient (Wildman–Crippen LogP) is 2.10. The lowest BCUT2D eigenvalue weighted by Gasteiger charge is -2.36. The van der Waals surface area contributed by atoms with Gasteiger partial charge in [-0.25, -0.2) is 17.2 Å². The minimum atomic E-state index is -3.63. The van der Waals surface area contributed by atoms with E-state index in [0.717, 1.165) is 17.9 Å². The van der Waals surface area contributed by atoms with Gasteiger partial charge in [-0.1, -0.05) is 6.07 Å². The van der Waals surface area contributed by atoms with Crippen molar-refractivity contribution < 1.29 is 26.8 Å². The van der Waals surface area contributed by atoms with Crippen molar-refractivity contribution in [2.45, 2.75) is 31.8 Å². The molecule has 1 spiro atoms. The monoisotopic (exact) mass is 501 g/mol. The summed E-state index contributed by atoms with van der Waals surface area (Å²) in [7, 11) is -3.63. The molecule has 3 aromatic rings. The minimum Gasteiger partial charge on any atom is -0.339 e. The molecule has 2 aromatic heterocycles. The molecule has 9 nitrogen and oxygen atoms in total. The van der Waals surface area contributed by atoms with Gasteiger partial charge in [0.15, 0.2) is 15.5 Å². The number of benzene rings is 1. The molecule has 0 bridgehead atoms. The number of hydrogen-bond donors (Lipinski definition) is 2. The first-order valence-electron chi connectivity index (χ1n) is 10.8. The molecule has 0 saturated carbocycles. The number of aryl methyl sites for hydroxylation is 2. The van der Waals surface area contributed by atoms with Crippen LogP contribution in [0.15, 0.2) is 30.5 Å². The molecule has 35 heavy (non-hydrogen) atoms. The summed E-state index contributed by atoms with van der Waals surface area (Å²) in [5.41, 5.74) is 0.954. The Bertz CT molecular complexity index is 1500.